The van der Waals surface area contributed by atoms with Crippen molar-refractivity contribution in [2.24, 2.45) is 0 Å². The minimum Gasteiger partial charge on any atom is -0.504 e. The zero-order valence-electron chi connectivity index (χ0n) is 16.4. The van der Waals surface area contributed by atoms with Gasteiger partial charge in [0.25, 0.3) is 5.69 Å². The van der Waals surface area contributed by atoms with E-state index in [1.54, 1.807) is 12.1 Å². The Labute approximate surface area is 189 Å². The van der Waals surface area contributed by atoms with Gasteiger partial charge in [-0.25, -0.2) is 0 Å². The van der Waals surface area contributed by atoms with Crippen LogP contribution in [0.1, 0.15) is 23.6 Å². The van der Waals surface area contributed by atoms with Crippen LogP contribution in [0.3, 0.4) is 0 Å². The molecule has 3 aromatic rings. The molecule has 3 aromatic carbocycles. The number of non-ortho nitro benzene ring substituents is 1. The number of hydrogen-bond donors (Lipinski definition) is 2. The SMILES string of the molecule is CCc1c(Cl)cc(NCc2cc([N+](=O)[O-])ccc2Sc2ccc(C)cc2)c(O)c1Cl. The third kappa shape index (κ3) is 5.01. The molecule has 30 heavy (non-hydrogen) atoms. The Morgan fingerprint density at radius 1 is 1.13 bits per heavy atom. The van der Waals surface area contributed by atoms with Gasteiger partial charge in [-0.2, -0.15) is 0 Å². The second-order valence-electron chi connectivity index (χ2n) is 6.72. The van der Waals surface area contributed by atoms with E-state index in [2.05, 4.69) is 5.32 Å². The summed E-state index contributed by atoms with van der Waals surface area (Å²) in [6.45, 7) is 4.17. The van der Waals surface area contributed by atoms with E-state index in [1.807, 2.05) is 38.1 Å². The van der Waals surface area contributed by atoms with Gasteiger partial charge in [-0.3, -0.25) is 10.1 Å². The van der Waals surface area contributed by atoms with Crippen molar-refractivity contribution in [2.45, 2.75) is 36.6 Å². The number of halogens is 2. The Morgan fingerprint density at radius 3 is 2.47 bits per heavy atom. The molecule has 0 radical (unpaired) electrons. The maximum Gasteiger partial charge on any atom is 0.269 e. The highest BCUT2D eigenvalue weighted by Crippen LogP contribution is 2.40. The number of aryl methyl sites for hydroxylation is 1. The minimum absolute atomic E-state index is 0.00155. The van der Waals surface area contributed by atoms with Gasteiger partial charge in [0.1, 0.15) is 0 Å². The second kappa shape index (κ2) is 9.60. The van der Waals surface area contributed by atoms with Gasteiger partial charge in [-0.15, -0.1) is 0 Å². The molecule has 3 rings (SSSR count). The van der Waals surface area contributed by atoms with Crippen molar-refractivity contribution in [3.05, 3.63) is 85.4 Å². The van der Waals surface area contributed by atoms with Crippen molar-refractivity contribution in [3.63, 3.8) is 0 Å². The largest absolute Gasteiger partial charge is 0.504 e. The van der Waals surface area contributed by atoms with Crippen molar-refractivity contribution in [1.29, 1.82) is 0 Å². The van der Waals surface area contributed by atoms with Gasteiger partial charge in [0.2, 0.25) is 0 Å². The molecule has 0 unspecified atom stereocenters. The van der Waals surface area contributed by atoms with E-state index < -0.39 is 4.92 Å². The standard InChI is InChI=1S/C22H20Cl2N2O3S/c1-3-17-18(23)11-19(22(27)21(17)24)25-12-14-10-15(26(28)29)6-9-20(14)30-16-7-4-13(2)5-8-16/h4-11,25,27H,3,12H2,1-2H3. The van der Waals surface area contributed by atoms with Crippen molar-refractivity contribution >= 4 is 46.3 Å². The lowest BCUT2D eigenvalue weighted by Gasteiger charge is -2.15. The van der Waals surface area contributed by atoms with Crippen LogP contribution in [-0.4, -0.2) is 10.0 Å². The molecule has 8 heteroatoms. The van der Waals surface area contributed by atoms with E-state index in [4.69, 9.17) is 23.2 Å². The number of nitrogens with one attached hydrogen (secondary N) is 1. The first-order chi connectivity index (χ1) is 14.3. The van der Waals surface area contributed by atoms with Crippen LogP contribution in [0.2, 0.25) is 10.0 Å². The summed E-state index contributed by atoms with van der Waals surface area (Å²) in [6, 6.07) is 14.4. The minimum atomic E-state index is -0.426. The van der Waals surface area contributed by atoms with Gasteiger partial charge < -0.3 is 10.4 Å². The highest BCUT2D eigenvalue weighted by atomic mass is 35.5. The van der Waals surface area contributed by atoms with Gasteiger partial charge in [0.05, 0.1) is 15.6 Å². The van der Waals surface area contributed by atoms with Gasteiger partial charge in [0, 0.05) is 33.5 Å². The average Bonchev–Trinajstić information content (AvgIpc) is 2.72. The maximum atomic E-state index is 11.3. The Morgan fingerprint density at radius 2 is 1.83 bits per heavy atom. The smallest absolute Gasteiger partial charge is 0.269 e. The molecular weight excluding hydrogens is 443 g/mol. The summed E-state index contributed by atoms with van der Waals surface area (Å²) in [5.41, 5.74) is 2.93. The highest BCUT2D eigenvalue weighted by Gasteiger charge is 2.16. The number of benzene rings is 3. The molecule has 0 spiro atoms. The van der Waals surface area contributed by atoms with Gasteiger partial charge >= 0.3 is 0 Å². The fraction of sp³-hybridized carbons (Fsp3) is 0.182. The van der Waals surface area contributed by atoms with Crippen LogP contribution in [0, 0.1) is 17.0 Å². The summed E-state index contributed by atoms with van der Waals surface area (Å²) in [5, 5.41) is 25.4. The van der Waals surface area contributed by atoms with E-state index in [-0.39, 0.29) is 23.0 Å². The molecule has 0 amide bonds. The Hall–Kier alpha value is -2.41. The Balaban J connectivity index is 1.91. The molecule has 0 fully saturated rings. The summed E-state index contributed by atoms with van der Waals surface area (Å²) in [5.74, 6) is -0.0870. The van der Waals surface area contributed by atoms with Crippen molar-refractivity contribution < 1.29 is 10.0 Å². The number of phenols is 1. The fourth-order valence-electron chi connectivity index (χ4n) is 2.95. The van der Waals surface area contributed by atoms with Crippen LogP contribution < -0.4 is 5.32 Å². The number of aromatic hydroxyl groups is 1. The summed E-state index contributed by atoms with van der Waals surface area (Å²) in [4.78, 5) is 12.7. The molecule has 0 saturated heterocycles. The zero-order chi connectivity index (χ0) is 21.8. The van der Waals surface area contributed by atoms with E-state index in [0.29, 0.717) is 22.7 Å². The lowest BCUT2D eigenvalue weighted by Crippen LogP contribution is -2.03. The monoisotopic (exact) mass is 462 g/mol. The molecule has 0 saturated carbocycles. The van der Waals surface area contributed by atoms with Crippen LogP contribution >= 0.6 is 35.0 Å². The van der Waals surface area contributed by atoms with Crippen LogP contribution in [0.15, 0.2) is 58.3 Å². The van der Waals surface area contributed by atoms with Crippen LogP contribution in [0.25, 0.3) is 0 Å². The van der Waals surface area contributed by atoms with Gasteiger partial charge in [-0.1, -0.05) is 59.6 Å². The number of nitrogens with zero attached hydrogens (tertiary/aromatic N) is 1. The van der Waals surface area contributed by atoms with Crippen molar-refractivity contribution in [3.8, 4) is 5.75 Å². The van der Waals surface area contributed by atoms with E-state index in [0.717, 1.165) is 20.9 Å². The number of phenolic OH excluding ortho intramolecular Hbond substituents is 1. The first-order valence-corrected chi connectivity index (χ1v) is 10.8. The molecule has 0 aromatic heterocycles. The predicted octanol–water partition coefficient (Wildman–Crippen LogP) is 7.24. The van der Waals surface area contributed by atoms with E-state index in [9.17, 15) is 15.2 Å². The summed E-state index contributed by atoms with van der Waals surface area (Å²) in [7, 11) is 0. The lowest BCUT2D eigenvalue weighted by atomic mass is 10.1. The summed E-state index contributed by atoms with van der Waals surface area (Å²) in [6.07, 6.45) is 0.591. The first kappa shape index (κ1) is 22.3. The summed E-state index contributed by atoms with van der Waals surface area (Å²) >= 11 is 14.0. The molecule has 5 nitrogen and oxygen atoms in total. The molecule has 2 N–H and O–H groups in total. The van der Waals surface area contributed by atoms with Crippen LogP contribution in [0.5, 0.6) is 5.75 Å². The van der Waals surface area contributed by atoms with Crippen LogP contribution in [0.4, 0.5) is 11.4 Å². The quantitative estimate of drug-likeness (QED) is 0.219. The maximum absolute atomic E-state index is 11.3. The second-order valence-corrected chi connectivity index (χ2v) is 8.62. The predicted molar refractivity (Wildman–Crippen MR) is 123 cm³/mol. The number of hydrogen-bond acceptors (Lipinski definition) is 5. The molecule has 0 aliphatic heterocycles. The third-order valence-electron chi connectivity index (χ3n) is 4.61. The number of nitro groups is 1. The molecule has 0 atom stereocenters. The third-order valence-corrected chi connectivity index (χ3v) is 6.48. The number of anilines is 1. The first-order valence-electron chi connectivity index (χ1n) is 9.25. The number of rotatable bonds is 7. The summed E-state index contributed by atoms with van der Waals surface area (Å²) < 4.78 is 0. The highest BCUT2D eigenvalue weighted by molar-refractivity contribution is 7.99. The van der Waals surface area contributed by atoms with Gasteiger partial charge in [-0.05, 0) is 48.7 Å². The Bertz CT molecular complexity index is 1090. The van der Waals surface area contributed by atoms with E-state index in [1.165, 1.54) is 23.9 Å². The molecular formula is C22H20Cl2N2O3S. The molecule has 0 aliphatic carbocycles. The molecule has 0 bridgehead atoms. The molecule has 156 valence electrons. The average molecular weight is 463 g/mol. The normalized spacial score (nSPS) is 10.8. The lowest BCUT2D eigenvalue weighted by molar-refractivity contribution is -0.385. The molecule has 0 aliphatic rings. The van der Waals surface area contributed by atoms with Crippen LogP contribution in [-0.2, 0) is 13.0 Å². The number of nitro benzene ring substituents is 1. The van der Waals surface area contributed by atoms with E-state index >= 15 is 0 Å². The van der Waals surface area contributed by atoms with Crippen molar-refractivity contribution in [2.75, 3.05) is 5.32 Å². The van der Waals surface area contributed by atoms with Crippen molar-refractivity contribution in [1.82, 2.24) is 0 Å². The van der Waals surface area contributed by atoms with Gasteiger partial charge in [0.15, 0.2) is 5.75 Å². The zero-order valence-corrected chi connectivity index (χ0v) is 18.7. The topological polar surface area (TPSA) is 75.4 Å². The Kier molecular flexibility index (Phi) is 7.13. The fourth-order valence-corrected chi connectivity index (χ4v) is 4.60. The molecule has 0 heterocycles.